The Balaban J connectivity index is 0. The molecule has 1 aliphatic rings. The lowest BCUT2D eigenvalue weighted by molar-refractivity contribution is 0.294. The third-order valence-electron chi connectivity index (χ3n) is 2.42. The highest BCUT2D eigenvalue weighted by molar-refractivity contribution is 5.85. The summed E-state index contributed by atoms with van der Waals surface area (Å²) in [6.45, 7) is 8.67. The van der Waals surface area contributed by atoms with E-state index in [4.69, 9.17) is 0 Å². The molecular weight excluding hydrogens is 182 g/mol. The van der Waals surface area contributed by atoms with Crippen LogP contribution in [0.25, 0.3) is 0 Å². The maximum absolute atomic E-state index is 3.11. The molecule has 1 N–H and O–H groups in total. The van der Waals surface area contributed by atoms with E-state index in [9.17, 15) is 0 Å². The topological polar surface area (TPSA) is 12.0 Å². The van der Waals surface area contributed by atoms with Crippen molar-refractivity contribution in [2.24, 2.45) is 5.92 Å². The van der Waals surface area contributed by atoms with Gasteiger partial charge in [-0.3, -0.25) is 0 Å². The van der Waals surface area contributed by atoms with Crippen molar-refractivity contribution in [2.45, 2.75) is 52.9 Å². The number of rotatable bonds is 4. The fourth-order valence-corrected chi connectivity index (χ4v) is 1.44. The zero-order valence-corrected chi connectivity index (χ0v) is 10.3. The van der Waals surface area contributed by atoms with Gasteiger partial charge in [0, 0.05) is 0 Å². The zero-order valence-electron chi connectivity index (χ0n) is 9.44. The minimum atomic E-state index is 0. The van der Waals surface area contributed by atoms with Crippen LogP contribution in [0.3, 0.4) is 0 Å². The van der Waals surface area contributed by atoms with Gasteiger partial charge in [-0.25, -0.2) is 0 Å². The molecule has 0 aromatic heterocycles. The normalized spacial score (nSPS) is 15.0. The second kappa shape index (κ2) is 12.2. The van der Waals surface area contributed by atoms with Gasteiger partial charge in [-0.05, 0) is 19.0 Å². The van der Waals surface area contributed by atoms with Crippen LogP contribution in [0.15, 0.2) is 0 Å². The van der Waals surface area contributed by atoms with Gasteiger partial charge in [0.25, 0.3) is 0 Å². The van der Waals surface area contributed by atoms with Crippen LogP contribution in [0.5, 0.6) is 0 Å². The summed E-state index contributed by atoms with van der Waals surface area (Å²) in [7, 11) is 0. The summed E-state index contributed by atoms with van der Waals surface area (Å²) in [4.78, 5) is 0. The molecule has 13 heavy (non-hydrogen) atoms. The minimum absolute atomic E-state index is 0. The largest absolute Gasteiger partial charge is 0.317 e. The first-order valence-electron chi connectivity index (χ1n) is 5.55. The molecule has 0 aromatic carbocycles. The Morgan fingerprint density at radius 3 is 1.69 bits per heavy atom. The van der Waals surface area contributed by atoms with Crippen molar-refractivity contribution in [2.75, 3.05) is 13.1 Å². The van der Waals surface area contributed by atoms with E-state index in [-0.39, 0.29) is 12.4 Å². The molecule has 0 aromatic rings. The molecule has 0 amide bonds. The van der Waals surface area contributed by atoms with Crippen molar-refractivity contribution >= 4 is 12.4 Å². The maximum atomic E-state index is 3.11. The monoisotopic (exact) mass is 207 g/mol. The van der Waals surface area contributed by atoms with Gasteiger partial charge < -0.3 is 5.32 Å². The van der Waals surface area contributed by atoms with Crippen molar-refractivity contribution < 1.29 is 0 Å². The van der Waals surface area contributed by atoms with E-state index in [2.05, 4.69) is 26.1 Å². The van der Waals surface area contributed by atoms with Crippen LogP contribution < -0.4 is 5.32 Å². The fraction of sp³-hybridized carbons (Fsp3) is 1.00. The molecule has 0 radical (unpaired) electrons. The van der Waals surface area contributed by atoms with Crippen molar-refractivity contribution in [1.82, 2.24) is 5.32 Å². The highest BCUT2D eigenvalue weighted by atomic mass is 35.5. The second-order valence-corrected chi connectivity index (χ2v) is 3.54. The summed E-state index contributed by atoms with van der Waals surface area (Å²) in [6.07, 6.45) is 7.43. The van der Waals surface area contributed by atoms with Gasteiger partial charge in [-0.1, -0.05) is 52.9 Å². The van der Waals surface area contributed by atoms with Crippen LogP contribution in [0.1, 0.15) is 52.9 Å². The Hall–Kier alpha value is 0.250. The molecule has 0 unspecified atom stereocenters. The van der Waals surface area contributed by atoms with Crippen LogP contribution in [0.2, 0.25) is 0 Å². The number of halogens is 1. The van der Waals surface area contributed by atoms with Gasteiger partial charge in [0.15, 0.2) is 0 Å². The predicted octanol–water partition coefficient (Wildman–Crippen LogP) is 3.62. The van der Waals surface area contributed by atoms with E-state index in [1.54, 1.807) is 0 Å². The summed E-state index contributed by atoms with van der Waals surface area (Å²) in [5.41, 5.74) is 0. The number of hydrogen-bond acceptors (Lipinski definition) is 1. The van der Waals surface area contributed by atoms with E-state index >= 15 is 0 Å². The average molecular weight is 208 g/mol. The molecule has 1 fully saturated rings. The summed E-state index contributed by atoms with van der Waals surface area (Å²) < 4.78 is 0. The van der Waals surface area contributed by atoms with Crippen LogP contribution >= 0.6 is 12.4 Å². The molecular formula is C11H26ClN. The molecule has 0 saturated heterocycles. The molecule has 0 atom stereocenters. The first kappa shape index (κ1) is 15.7. The minimum Gasteiger partial charge on any atom is -0.317 e. The molecule has 1 nitrogen and oxygen atoms in total. The van der Waals surface area contributed by atoms with E-state index in [1.807, 2.05) is 0 Å². The Bertz CT molecular complexity index is 80.2. The molecule has 1 rings (SSSR count). The lowest BCUT2D eigenvalue weighted by atomic mass is 9.82. The summed E-state index contributed by atoms with van der Waals surface area (Å²) in [5, 5.41) is 3.11. The van der Waals surface area contributed by atoms with E-state index in [0.29, 0.717) is 0 Å². The van der Waals surface area contributed by atoms with Crippen LogP contribution in [0, 0.1) is 5.92 Å². The van der Waals surface area contributed by atoms with Gasteiger partial charge in [-0.15, -0.1) is 12.4 Å². The van der Waals surface area contributed by atoms with Crippen molar-refractivity contribution in [3.63, 3.8) is 0 Å². The highest BCUT2D eigenvalue weighted by Gasteiger charge is 2.14. The van der Waals surface area contributed by atoms with Crippen molar-refractivity contribution in [3.8, 4) is 0 Å². The fourth-order valence-electron chi connectivity index (χ4n) is 1.44. The molecule has 1 aliphatic carbocycles. The summed E-state index contributed by atoms with van der Waals surface area (Å²) in [5.74, 6) is 1.13. The molecule has 0 aliphatic heterocycles. The predicted molar refractivity (Wildman–Crippen MR) is 63.7 cm³/mol. The van der Waals surface area contributed by atoms with Gasteiger partial charge in [0.1, 0.15) is 0 Å². The first-order chi connectivity index (χ1) is 5.85. The van der Waals surface area contributed by atoms with Crippen molar-refractivity contribution in [3.05, 3.63) is 0 Å². The Morgan fingerprint density at radius 1 is 1.08 bits per heavy atom. The van der Waals surface area contributed by atoms with Crippen LogP contribution in [0.4, 0.5) is 0 Å². The van der Waals surface area contributed by atoms with Gasteiger partial charge >= 0.3 is 0 Å². The second-order valence-electron chi connectivity index (χ2n) is 3.54. The number of nitrogens with one attached hydrogen (secondary N) is 1. The van der Waals surface area contributed by atoms with Crippen LogP contribution in [-0.4, -0.2) is 13.1 Å². The maximum Gasteiger partial charge on any atom is -0.00775 e. The smallest absolute Gasteiger partial charge is 0.00775 e. The van der Waals surface area contributed by atoms with E-state index in [0.717, 1.165) is 19.0 Å². The van der Waals surface area contributed by atoms with Crippen LogP contribution in [-0.2, 0) is 0 Å². The Labute approximate surface area is 90.1 Å². The number of hydrogen-bond donors (Lipinski definition) is 1. The van der Waals surface area contributed by atoms with E-state index in [1.165, 1.54) is 32.1 Å². The average Bonchev–Trinajstić information content (AvgIpc) is 2.00. The molecule has 0 bridgehead atoms. The molecule has 0 spiro atoms. The highest BCUT2D eigenvalue weighted by Crippen LogP contribution is 2.29. The van der Waals surface area contributed by atoms with Gasteiger partial charge in [-0.2, -0.15) is 0 Å². The summed E-state index contributed by atoms with van der Waals surface area (Å²) >= 11 is 0. The quantitative estimate of drug-likeness (QED) is 0.743. The first-order valence-corrected chi connectivity index (χ1v) is 5.55. The zero-order chi connectivity index (χ0) is 9.23. The SMILES string of the molecule is CCCC1CCC1.CCNCC.Cl. The lowest BCUT2D eigenvalue weighted by Crippen LogP contribution is -2.09. The van der Waals surface area contributed by atoms with Gasteiger partial charge in [0.2, 0.25) is 0 Å². The lowest BCUT2D eigenvalue weighted by Gasteiger charge is -2.24. The Kier molecular flexibility index (Phi) is 14.8. The third kappa shape index (κ3) is 10.2. The van der Waals surface area contributed by atoms with Crippen molar-refractivity contribution in [1.29, 1.82) is 0 Å². The molecule has 82 valence electrons. The van der Waals surface area contributed by atoms with E-state index < -0.39 is 0 Å². The summed E-state index contributed by atoms with van der Waals surface area (Å²) in [6, 6.07) is 0. The standard InChI is InChI=1S/C7H14.C4H11N.ClH/c1-2-4-7-5-3-6-7;1-3-5-4-2;/h7H,2-6H2,1H3;5H,3-4H2,1-2H3;1H. The van der Waals surface area contributed by atoms with Gasteiger partial charge in [0.05, 0.1) is 0 Å². The third-order valence-corrected chi connectivity index (χ3v) is 2.42. The molecule has 2 heteroatoms. The molecule has 1 saturated carbocycles. The Morgan fingerprint density at radius 2 is 1.62 bits per heavy atom. The molecule has 0 heterocycles.